The number of hydrogen-bond donors (Lipinski definition) is 1. The van der Waals surface area contributed by atoms with E-state index in [9.17, 15) is 22.7 Å². The minimum atomic E-state index is -4.61. The highest BCUT2D eigenvalue weighted by molar-refractivity contribution is 6.30. The Balaban J connectivity index is 1.41. The molecule has 0 radical (unpaired) electrons. The SMILES string of the molecule is O[C@H]1CCCc2c(Oc3ccc(-c4c5cccc(C(F)(F)F)c5nn4Cc4ccc(Cl)cc4F)cc3)cccc21. The van der Waals surface area contributed by atoms with E-state index in [1.54, 1.807) is 30.3 Å². The molecule has 0 spiro atoms. The van der Waals surface area contributed by atoms with E-state index < -0.39 is 23.7 Å². The Bertz CT molecular complexity index is 1710. The van der Waals surface area contributed by atoms with Crippen LogP contribution in [0.3, 0.4) is 0 Å². The van der Waals surface area contributed by atoms with Crippen LogP contribution in [0.25, 0.3) is 22.2 Å². The second-order valence-electron chi connectivity index (χ2n) is 9.80. The first-order valence-electron chi connectivity index (χ1n) is 12.8. The third-order valence-electron chi connectivity index (χ3n) is 7.20. The largest absolute Gasteiger partial charge is 0.457 e. The Morgan fingerprint density at radius 2 is 1.77 bits per heavy atom. The average Bonchev–Trinajstić information content (AvgIpc) is 3.29. The second kappa shape index (κ2) is 10.3. The summed E-state index contributed by atoms with van der Waals surface area (Å²) in [4.78, 5) is 0. The summed E-state index contributed by atoms with van der Waals surface area (Å²) in [7, 11) is 0. The fourth-order valence-electron chi connectivity index (χ4n) is 5.30. The van der Waals surface area contributed by atoms with Crippen LogP contribution in [0.15, 0.2) is 78.9 Å². The molecule has 0 amide bonds. The van der Waals surface area contributed by atoms with Gasteiger partial charge in [-0.2, -0.15) is 18.3 Å². The highest BCUT2D eigenvalue weighted by atomic mass is 35.5. The summed E-state index contributed by atoms with van der Waals surface area (Å²) in [5.41, 5.74) is 2.01. The van der Waals surface area contributed by atoms with Crippen molar-refractivity contribution in [2.45, 2.75) is 38.1 Å². The monoisotopic (exact) mass is 566 g/mol. The molecular weight excluding hydrogens is 544 g/mol. The molecule has 0 unspecified atom stereocenters. The van der Waals surface area contributed by atoms with Gasteiger partial charge in [-0.25, -0.2) is 4.39 Å². The van der Waals surface area contributed by atoms with Gasteiger partial charge >= 0.3 is 6.18 Å². The molecule has 0 saturated heterocycles. The van der Waals surface area contributed by atoms with E-state index in [2.05, 4.69) is 5.10 Å². The van der Waals surface area contributed by atoms with Crippen LogP contribution in [-0.2, 0) is 19.1 Å². The smallest absolute Gasteiger partial charge is 0.418 e. The fourth-order valence-corrected chi connectivity index (χ4v) is 5.46. The zero-order valence-corrected chi connectivity index (χ0v) is 21.8. The summed E-state index contributed by atoms with van der Waals surface area (Å²) in [5, 5.41) is 15.2. The third kappa shape index (κ3) is 4.93. The molecular formula is C31H23ClF4N2O2. The van der Waals surface area contributed by atoms with Gasteiger partial charge in [0.05, 0.1) is 23.9 Å². The summed E-state index contributed by atoms with van der Waals surface area (Å²) in [6.45, 7) is -0.0962. The number of rotatable bonds is 5. The second-order valence-corrected chi connectivity index (χ2v) is 10.2. The Hall–Kier alpha value is -3.88. The van der Waals surface area contributed by atoms with Crippen molar-refractivity contribution in [3.63, 3.8) is 0 Å². The van der Waals surface area contributed by atoms with Crippen LogP contribution in [0.1, 0.15) is 41.2 Å². The molecule has 6 rings (SSSR count). The lowest BCUT2D eigenvalue weighted by Gasteiger charge is -2.23. The van der Waals surface area contributed by atoms with Crippen LogP contribution in [0.4, 0.5) is 17.6 Å². The molecule has 4 nitrogen and oxygen atoms in total. The lowest BCUT2D eigenvalue weighted by molar-refractivity contribution is -0.136. The summed E-state index contributed by atoms with van der Waals surface area (Å²) < 4.78 is 63.7. The van der Waals surface area contributed by atoms with Gasteiger partial charge in [-0.05, 0) is 73.4 Å². The van der Waals surface area contributed by atoms with E-state index in [0.717, 1.165) is 36.1 Å². The minimum absolute atomic E-state index is 0.0962. The zero-order valence-electron chi connectivity index (χ0n) is 21.1. The predicted molar refractivity (Wildman–Crippen MR) is 145 cm³/mol. The van der Waals surface area contributed by atoms with Gasteiger partial charge in [-0.3, -0.25) is 4.68 Å². The van der Waals surface area contributed by atoms with Crippen molar-refractivity contribution in [3.8, 4) is 22.8 Å². The van der Waals surface area contributed by atoms with Gasteiger partial charge in [0.1, 0.15) is 22.8 Å². The van der Waals surface area contributed by atoms with Gasteiger partial charge in [0.15, 0.2) is 0 Å². The van der Waals surface area contributed by atoms with Crippen molar-refractivity contribution >= 4 is 22.5 Å². The Morgan fingerprint density at radius 3 is 2.52 bits per heavy atom. The Labute approximate surface area is 232 Å². The molecule has 0 saturated carbocycles. The van der Waals surface area contributed by atoms with Gasteiger partial charge in [-0.1, -0.05) is 41.9 Å². The molecule has 5 aromatic rings. The van der Waals surface area contributed by atoms with Crippen molar-refractivity contribution in [1.82, 2.24) is 9.78 Å². The van der Waals surface area contributed by atoms with Crippen LogP contribution in [0.5, 0.6) is 11.5 Å². The first-order valence-corrected chi connectivity index (χ1v) is 13.2. The van der Waals surface area contributed by atoms with Crippen molar-refractivity contribution < 1.29 is 27.4 Å². The van der Waals surface area contributed by atoms with E-state index in [-0.39, 0.29) is 22.6 Å². The molecule has 1 aliphatic carbocycles. The number of hydrogen-bond acceptors (Lipinski definition) is 3. The normalized spacial score (nSPS) is 15.3. The summed E-state index contributed by atoms with van der Waals surface area (Å²) in [6, 6.07) is 20.6. The fraction of sp³-hybridized carbons (Fsp3) is 0.194. The molecule has 1 aromatic heterocycles. The number of nitrogens with zero attached hydrogens (tertiary/aromatic N) is 2. The molecule has 9 heteroatoms. The topological polar surface area (TPSA) is 47.3 Å². The maximum atomic E-state index is 14.7. The molecule has 0 fully saturated rings. The van der Waals surface area contributed by atoms with Crippen molar-refractivity contribution in [1.29, 1.82) is 0 Å². The standard InChI is InChI=1S/C31H23ClF4N2O2/c32-20-13-10-19(26(33)16-20)17-38-30(24-6-1-7-25(29(24)37-38)31(34,35)36)18-11-14-21(15-12-18)40-28-9-3-4-22-23(28)5-2-8-27(22)39/h1,3-4,6-7,9-16,27,39H,2,5,8,17H2/t27-/m0/s1. The number of halogens is 5. The first kappa shape index (κ1) is 26.3. The molecule has 40 heavy (non-hydrogen) atoms. The Kier molecular flexibility index (Phi) is 6.76. The van der Waals surface area contributed by atoms with Crippen LogP contribution in [0, 0.1) is 5.82 Å². The van der Waals surface area contributed by atoms with E-state index in [1.807, 2.05) is 18.2 Å². The van der Waals surface area contributed by atoms with Crippen molar-refractivity contribution in [2.75, 3.05) is 0 Å². The molecule has 1 N–H and O–H groups in total. The molecule has 204 valence electrons. The van der Waals surface area contributed by atoms with E-state index in [1.165, 1.54) is 22.9 Å². The number of aliphatic hydroxyl groups is 1. The number of aromatic nitrogens is 2. The van der Waals surface area contributed by atoms with Gasteiger partial charge in [0, 0.05) is 27.1 Å². The lowest BCUT2D eigenvalue weighted by Crippen LogP contribution is -2.10. The van der Waals surface area contributed by atoms with Crippen LogP contribution in [-0.4, -0.2) is 14.9 Å². The summed E-state index contributed by atoms with van der Waals surface area (Å²) in [5.74, 6) is 0.619. The summed E-state index contributed by atoms with van der Waals surface area (Å²) >= 11 is 5.89. The summed E-state index contributed by atoms with van der Waals surface area (Å²) in [6.07, 6.45) is -2.76. The van der Waals surface area contributed by atoms with Crippen molar-refractivity contribution in [2.24, 2.45) is 0 Å². The van der Waals surface area contributed by atoms with Gasteiger partial charge in [-0.15, -0.1) is 0 Å². The van der Waals surface area contributed by atoms with Gasteiger partial charge in [0.25, 0.3) is 0 Å². The maximum absolute atomic E-state index is 14.7. The highest BCUT2D eigenvalue weighted by Crippen LogP contribution is 2.40. The van der Waals surface area contributed by atoms with E-state index in [0.29, 0.717) is 34.6 Å². The lowest BCUT2D eigenvalue weighted by atomic mass is 9.89. The first-order chi connectivity index (χ1) is 19.2. The van der Waals surface area contributed by atoms with Crippen LogP contribution < -0.4 is 4.74 Å². The quantitative estimate of drug-likeness (QED) is 0.216. The number of fused-ring (bicyclic) bond motifs is 2. The predicted octanol–water partition coefficient (Wildman–Crippen LogP) is 8.72. The highest BCUT2D eigenvalue weighted by Gasteiger charge is 2.34. The van der Waals surface area contributed by atoms with Gasteiger partial charge < -0.3 is 9.84 Å². The number of aliphatic hydroxyl groups excluding tert-OH is 1. The minimum Gasteiger partial charge on any atom is -0.457 e. The molecule has 0 aliphatic heterocycles. The zero-order chi connectivity index (χ0) is 28.0. The molecule has 1 atom stereocenters. The maximum Gasteiger partial charge on any atom is 0.418 e. The molecule has 0 bridgehead atoms. The number of alkyl halides is 3. The van der Waals surface area contributed by atoms with Crippen LogP contribution in [0.2, 0.25) is 5.02 Å². The Morgan fingerprint density at radius 1 is 1.00 bits per heavy atom. The van der Waals surface area contributed by atoms with Gasteiger partial charge in [0.2, 0.25) is 0 Å². The molecule has 1 heterocycles. The average molecular weight is 567 g/mol. The van der Waals surface area contributed by atoms with Crippen molar-refractivity contribution in [3.05, 3.63) is 112 Å². The van der Waals surface area contributed by atoms with E-state index in [4.69, 9.17) is 16.3 Å². The third-order valence-corrected chi connectivity index (χ3v) is 7.43. The number of ether oxygens (including phenoxy) is 1. The molecule has 1 aliphatic rings. The van der Waals surface area contributed by atoms with E-state index >= 15 is 0 Å². The van der Waals surface area contributed by atoms with Crippen LogP contribution >= 0.6 is 11.6 Å². The molecule has 4 aromatic carbocycles. The number of benzene rings is 4.